The first-order valence-corrected chi connectivity index (χ1v) is 11.6. The second kappa shape index (κ2) is 11.1. The third-order valence-corrected chi connectivity index (χ3v) is 6.15. The molecule has 1 saturated heterocycles. The minimum absolute atomic E-state index is 0.0111. The molecule has 0 bridgehead atoms. The van der Waals surface area contributed by atoms with Crippen molar-refractivity contribution < 1.29 is 13.9 Å². The van der Waals surface area contributed by atoms with Crippen molar-refractivity contribution in [1.82, 2.24) is 4.98 Å². The van der Waals surface area contributed by atoms with Crippen molar-refractivity contribution in [1.29, 1.82) is 0 Å². The molecule has 2 unspecified atom stereocenters. The van der Waals surface area contributed by atoms with Crippen LogP contribution in [0.4, 0.5) is 10.1 Å². The summed E-state index contributed by atoms with van der Waals surface area (Å²) in [6.07, 6.45) is 10.9. The first-order valence-electron chi connectivity index (χ1n) is 11.6. The highest BCUT2D eigenvalue weighted by Gasteiger charge is 2.27. The van der Waals surface area contributed by atoms with Crippen molar-refractivity contribution in [2.75, 3.05) is 18.0 Å². The lowest BCUT2D eigenvalue weighted by Gasteiger charge is -2.20. The van der Waals surface area contributed by atoms with Gasteiger partial charge in [0.25, 0.3) is 0 Å². The second-order valence-electron chi connectivity index (χ2n) is 8.70. The molecule has 1 aromatic heterocycles. The molecule has 32 heavy (non-hydrogen) atoms. The van der Waals surface area contributed by atoms with Gasteiger partial charge in [-0.15, -0.1) is 12.3 Å². The van der Waals surface area contributed by atoms with Crippen LogP contribution >= 0.6 is 0 Å². The molecule has 5 heteroatoms. The molecule has 0 N–H and O–H groups in total. The summed E-state index contributed by atoms with van der Waals surface area (Å²) in [5.41, 5.74) is 2.11. The molecule has 0 amide bonds. The number of halogens is 1. The smallest absolute Gasteiger partial charge is 0.167 e. The number of Topliss-reactive ketones (excluding diaryl/α,β-unsaturated/α-hetero) is 1. The van der Waals surface area contributed by atoms with E-state index in [2.05, 4.69) is 17.8 Å². The summed E-state index contributed by atoms with van der Waals surface area (Å²) in [6, 6.07) is 9.44. The van der Waals surface area contributed by atoms with Gasteiger partial charge >= 0.3 is 0 Å². The Balaban J connectivity index is 1.58. The number of hydrogen-bond acceptors (Lipinski definition) is 4. The van der Waals surface area contributed by atoms with Crippen molar-refractivity contribution >= 4 is 11.5 Å². The number of aryl methyl sites for hydroxylation is 1. The average molecular weight is 437 g/mol. The van der Waals surface area contributed by atoms with Gasteiger partial charge in [-0.2, -0.15) is 0 Å². The second-order valence-corrected chi connectivity index (χ2v) is 8.70. The minimum atomic E-state index is -0.205. The molecule has 0 saturated carbocycles. The maximum atomic E-state index is 14.9. The van der Waals surface area contributed by atoms with E-state index in [1.165, 1.54) is 0 Å². The molecule has 1 aliphatic rings. The van der Waals surface area contributed by atoms with Gasteiger partial charge in [0.1, 0.15) is 17.6 Å². The normalized spacial score (nSPS) is 17.6. The van der Waals surface area contributed by atoms with E-state index in [4.69, 9.17) is 11.2 Å². The molecule has 1 aromatic carbocycles. The van der Waals surface area contributed by atoms with Gasteiger partial charge in [-0.25, -0.2) is 4.39 Å². The number of aromatic nitrogens is 1. The molecule has 4 nitrogen and oxygen atoms in total. The number of pyridine rings is 1. The molecule has 0 radical (unpaired) electrons. The van der Waals surface area contributed by atoms with Crippen LogP contribution in [0.15, 0.2) is 36.5 Å². The monoisotopic (exact) mass is 436 g/mol. The van der Waals surface area contributed by atoms with Crippen molar-refractivity contribution in [3.8, 4) is 18.1 Å². The lowest BCUT2D eigenvalue weighted by Crippen LogP contribution is -2.25. The zero-order chi connectivity index (χ0) is 23.1. The van der Waals surface area contributed by atoms with E-state index in [9.17, 15) is 9.18 Å². The number of terminal acetylenes is 1. The first-order chi connectivity index (χ1) is 15.4. The number of rotatable bonds is 10. The van der Waals surface area contributed by atoms with Gasteiger partial charge in [0.15, 0.2) is 5.82 Å². The maximum absolute atomic E-state index is 14.9. The molecule has 3 atom stereocenters. The van der Waals surface area contributed by atoms with Crippen LogP contribution in [0.25, 0.3) is 0 Å². The van der Waals surface area contributed by atoms with E-state index in [1.807, 2.05) is 43.0 Å². The van der Waals surface area contributed by atoms with E-state index in [0.717, 1.165) is 37.1 Å². The van der Waals surface area contributed by atoms with Gasteiger partial charge in [0, 0.05) is 37.4 Å². The summed E-state index contributed by atoms with van der Waals surface area (Å²) in [7, 11) is 0. The van der Waals surface area contributed by atoms with Crippen LogP contribution in [-0.4, -0.2) is 30.0 Å². The summed E-state index contributed by atoms with van der Waals surface area (Å²) < 4.78 is 21.1. The molecule has 1 aliphatic heterocycles. The zero-order valence-corrected chi connectivity index (χ0v) is 19.3. The Bertz CT molecular complexity index is 951. The number of carbonyl (C=O) groups is 1. The van der Waals surface area contributed by atoms with Crippen LogP contribution in [0.1, 0.15) is 63.6 Å². The van der Waals surface area contributed by atoms with Gasteiger partial charge in [-0.1, -0.05) is 39.3 Å². The lowest BCUT2D eigenvalue weighted by atomic mass is 9.91. The van der Waals surface area contributed by atoms with Crippen molar-refractivity contribution in [3.05, 3.63) is 53.6 Å². The number of ketones is 1. The zero-order valence-electron chi connectivity index (χ0n) is 19.3. The number of anilines is 1. The van der Waals surface area contributed by atoms with Gasteiger partial charge in [-0.3, -0.25) is 9.78 Å². The topological polar surface area (TPSA) is 42.4 Å². The summed E-state index contributed by atoms with van der Waals surface area (Å²) in [6.45, 7) is 7.27. The molecular weight excluding hydrogens is 403 g/mol. The quantitative estimate of drug-likeness (QED) is 0.458. The highest BCUT2D eigenvalue weighted by atomic mass is 19.1. The van der Waals surface area contributed by atoms with Crippen molar-refractivity contribution in [2.24, 2.45) is 5.92 Å². The number of nitrogens with zero attached hydrogens (tertiary/aromatic N) is 2. The number of ether oxygens (including phenoxy) is 1. The van der Waals surface area contributed by atoms with Gasteiger partial charge in [0.2, 0.25) is 0 Å². The Labute approximate surface area is 191 Å². The van der Waals surface area contributed by atoms with E-state index < -0.39 is 0 Å². The summed E-state index contributed by atoms with van der Waals surface area (Å²) >= 11 is 0. The highest BCUT2D eigenvalue weighted by Crippen LogP contribution is 2.28. The molecule has 170 valence electrons. The predicted octanol–water partition coefficient (Wildman–Crippen LogP) is 5.55. The molecule has 3 rings (SSSR count). The fourth-order valence-electron chi connectivity index (χ4n) is 4.03. The molecule has 0 aliphatic carbocycles. The molecule has 2 heterocycles. The first kappa shape index (κ1) is 23.8. The van der Waals surface area contributed by atoms with E-state index in [1.54, 1.807) is 12.3 Å². The Kier molecular flexibility index (Phi) is 8.27. The van der Waals surface area contributed by atoms with Crippen LogP contribution in [0, 0.1) is 24.1 Å². The van der Waals surface area contributed by atoms with Gasteiger partial charge < -0.3 is 9.64 Å². The number of hydrogen-bond donors (Lipinski definition) is 0. The Morgan fingerprint density at radius 1 is 1.31 bits per heavy atom. The molecular formula is C27H33FN2O2. The summed E-state index contributed by atoms with van der Waals surface area (Å²) in [4.78, 5) is 18.7. The fraction of sp³-hybridized carbons (Fsp3) is 0.481. The third kappa shape index (κ3) is 5.88. The van der Waals surface area contributed by atoms with Crippen LogP contribution in [0.3, 0.4) is 0 Å². The van der Waals surface area contributed by atoms with Crippen molar-refractivity contribution in [3.63, 3.8) is 0 Å². The van der Waals surface area contributed by atoms with E-state index >= 15 is 0 Å². The third-order valence-electron chi connectivity index (χ3n) is 6.15. The largest absolute Gasteiger partial charge is 0.489 e. The fourth-order valence-corrected chi connectivity index (χ4v) is 4.03. The Morgan fingerprint density at radius 2 is 2.06 bits per heavy atom. The lowest BCUT2D eigenvalue weighted by molar-refractivity contribution is -0.120. The van der Waals surface area contributed by atoms with Crippen molar-refractivity contribution in [2.45, 2.75) is 64.9 Å². The van der Waals surface area contributed by atoms with E-state index in [0.29, 0.717) is 30.8 Å². The Morgan fingerprint density at radius 3 is 2.75 bits per heavy atom. The van der Waals surface area contributed by atoms with Crippen LogP contribution in [-0.2, 0) is 11.2 Å². The van der Waals surface area contributed by atoms with Gasteiger partial charge in [0.05, 0.1) is 17.9 Å². The van der Waals surface area contributed by atoms with Crippen LogP contribution < -0.4 is 9.64 Å². The molecule has 2 aromatic rings. The maximum Gasteiger partial charge on any atom is 0.167 e. The SMILES string of the molecule is C#CC(C)CC(=O)C(C)c1ccc(O[C@@H]2CCN(c3ccnc(CCCC)c3F)C2)cc1. The Hall–Kier alpha value is -2.87. The highest BCUT2D eigenvalue weighted by molar-refractivity contribution is 5.85. The summed E-state index contributed by atoms with van der Waals surface area (Å²) in [5, 5.41) is 0. The number of benzene rings is 1. The van der Waals surface area contributed by atoms with Crippen LogP contribution in [0.2, 0.25) is 0 Å². The predicted molar refractivity (Wildman–Crippen MR) is 127 cm³/mol. The molecule has 1 fully saturated rings. The standard InChI is InChI=1S/C27H33FN2O2/c1-5-7-8-24-27(28)25(13-15-29-24)30-16-14-23(18-30)32-22-11-9-21(10-12-22)20(4)26(31)17-19(3)6-2/h2,9-13,15,19-20,23H,5,7-8,14,16-18H2,1,3-4H3/t19?,20?,23-/m1/s1. The minimum Gasteiger partial charge on any atom is -0.489 e. The van der Waals surface area contributed by atoms with Crippen LogP contribution in [0.5, 0.6) is 5.75 Å². The van der Waals surface area contributed by atoms with Gasteiger partial charge in [-0.05, 0) is 36.6 Å². The van der Waals surface area contributed by atoms with E-state index in [-0.39, 0.29) is 29.5 Å². The summed E-state index contributed by atoms with van der Waals surface area (Å²) in [5.74, 6) is 3.07. The average Bonchev–Trinajstić information content (AvgIpc) is 3.26. The molecule has 0 spiro atoms. The number of carbonyl (C=O) groups excluding carboxylic acids is 1. The number of unbranched alkanes of at least 4 members (excludes halogenated alkanes) is 1.